The minimum absolute atomic E-state index is 0.623. The molecule has 1 heterocycles. The summed E-state index contributed by atoms with van der Waals surface area (Å²) in [6, 6.07) is 16.1. The molecule has 0 fully saturated rings. The smallest absolute Gasteiger partial charge is 0.128 e. The van der Waals surface area contributed by atoms with Crippen LogP contribution >= 0.6 is 0 Å². The summed E-state index contributed by atoms with van der Waals surface area (Å²) in [7, 11) is 0. The van der Waals surface area contributed by atoms with Gasteiger partial charge in [0.1, 0.15) is 5.75 Å². The van der Waals surface area contributed by atoms with E-state index in [1.165, 1.54) is 5.56 Å². The first-order chi connectivity index (χ1) is 12.3. The van der Waals surface area contributed by atoms with Crippen molar-refractivity contribution in [1.29, 1.82) is 5.26 Å². The van der Waals surface area contributed by atoms with E-state index in [0.29, 0.717) is 18.7 Å². The summed E-state index contributed by atoms with van der Waals surface area (Å²) < 4.78 is 5.82. The Morgan fingerprint density at radius 1 is 1.16 bits per heavy atom. The number of H-pyrrole nitrogens is 1. The Morgan fingerprint density at radius 2 is 2.00 bits per heavy atom. The SMILES string of the molecule is CCOc1ccccc1-c1[nH]c2ccc(C#N)cc2c1CCCCN. The van der Waals surface area contributed by atoms with E-state index in [2.05, 4.69) is 17.1 Å². The molecule has 2 aromatic carbocycles. The molecule has 0 aliphatic heterocycles. The van der Waals surface area contributed by atoms with Crippen molar-refractivity contribution in [3.63, 3.8) is 0 Å². The van der Waals surface area contributed by atoms with Gasteiger partial charge in [-0.15, -0.1) is 0 Å². The summed E-state index contributed by atoms with van der Waals surface area (Å²) in [5.74, 6) is 0.872. The average Bonchev–Trinajstić information content (AvgIpc) is 3.00. The third-order valence-corrected chi connectivity index (χ3v) is 4.37. The molecule has 4 nitrogen and oxygen atoms in total. The van der Waals surface area contributed by atoms with Gasteiger partial charge >= 0.3 is 0 Å². The second-order valence-electron chi connectivity index (χ2n) is 6.03. The van der Waals surface area contributed by atoms with Crippen LogP contribution in [0.5, 0.6) is 5.75 Å². The highest BCUT2D eigenvalue weighted by Gasteiger charge is 2.16. The summed E-state index contributed by atoms with van der Waals surface area (Å²) in [4.78, 5) is 3.54. The summed E-state index contributed by atoms with van der Waals surface area (Å²) >= 11 is 0. The standard InChI is InChI=1S/C21H23N3O/c1-2-25-20-9-4-3-8-17(20)21-16(7-5-6-12-22)18-13-15(14-23)10-11-19(18)24-21/h3-4,8-11,13,24H,2,5-7,12,22H2,1H3. The maximum Gasteiger partial charge on any atom is 0.128 e. The van der Waals surface area contributed by atoms with E-state index >= 15 is 0 Å². The van der Waals surface area contributed by atoms with E-state index in [4.69, 9.17) is 10.5 Å². The van der Waals surface area contributed by atoms with E-state index in [9.17, 15) is 5.26 Å². The molecule has 0 aliphatic rings. The summed E-state index contributed by atoms with van der Waals surface area (Å²) in [6.07, 6.45) is 2.92. The van der Waals surface area contributed by atoms with Crippen LogP contribution in [0.1, 0.15) is 30.9 Å². The fourth-order valence-electron chi connectivity index (χ4n) is 3.21. The van der Waals surface area contributed by atoms with E-state index in [1.54, 1.807) is 0 Å². The molecule has 4 heteroatoms. The zero-order valence-corrected chi connectivity index (χ0v) is 14.5. The van der Waals surface area contributed by atoms with Crippen molar-refractivity contribution in [2.45, 2.75) is 26.2 Å². The van der Waals surface area contributed by atoms with Crippen molar-refractivity contribution in [2.24, 2.45) is 5.73 Å². The maximum atomic E-state index is 9.24. The zero-order chi connectivity index (χ0) is 17.6. The van der Waals surface area contributed by atoms with E-state index in [1.807, 2.05) is 43.3 Å². The van der Waals surface area contributed by atoms with Crippen molar-refractivity contribution in [3.05, 3.63) is 53.6 Å². The van der Waals surface area contributed by atoms with Crippen LogP contribution in [-0.4, -0.2) is 18.1 Å². The Bertz CT molecular complexity index is 905. The number of nitriles is 1. The Morgan fingerprint density at radius 3 is 2.76 bits per heavy atom. The maximum absolute atomic E-state index is 9.24. The molecule has 0 radical (unpaired) electrons. The second-order valence-corrected chi connectivity index (χ2v) is 6.03. The van der Waals surface area contributed by atoms with Crippen LogP contribution in [0.25, 0.3) is 22.2 Å². The molecule has 0 bridgehead atoms. The van der Waals surface area contributed by atoms with Crippen molar-refractivity contribution >= 4 is 10.9 Å². The van der Waals surface area contributed by atoms with Crippen LogP contribution in [0.15, 0.2) is 42.5 Å². The van der Waals surface area contributed by atoms with E-state index < -0.39 is 0 Å². The normalized spacial score (nSPS) is 10.8. The number of rotatable bonds is 7. The van der Waals surface area contributed by atoms with Gasteiger partial charge in [0.2, 0.25) is 0 Å². The number of nitrogens with two attached hydrogens (primary N) is 1. The minimum Gasteiger partial charge on any atom is -0.493 e. The number of nitrogens with zero attached hydrogens (tertiary/aromatic N) is 1. The average molecular weight is 333 g/mol. The second kappa shape index (κ2) is 7.87. The van der Waals surface area contributed by atoms with Gasteiger partial charge in [-0.2, -0.15) is 5.26 Å². The molecule has 0 amide bonds. The van der Waals surface area contributed by atoms with Gasteiger partial charge in [0.25, 0.3) is 0 Å². The summed E-state index contributed by atoms with van der Waals surface area (Å²) in [5, 5.41) is 10.4. The van der Waals surface area contributed by atoms with Crippen LogP contribution in [0, 0.1) is 11.3 Å². The largest absolute Gasteiger partial charge is 0.493 e. The molecule has 0 saturated carbocycles. The van der Waals surface area contributed by atoms with Gasteiger partial charge in [-0.05, 0) is 68.6 Å². The first-order valence-electron chi connectivity index (χ1n) is 8.75. The van der Waals surface area contributed by atoms with Gasteiger partial charge in [-0.25, -0.2) is 0 Å². The Kier molecular flexibility index (Phi) is 5.37. The lowest BCUT2D eigenvalue weighted by Gasteiger charge is -2.11. The molecular weight excluding hydrogens is 310 g/mol. The van der Waals surface area contributed by atoms with Gasteiger partial charge in [-0.1, -0.05) is 12.1 Å². The highest BCUT2D eigenvalue weighted by Crippen LogP contribution is 2.36. The monoisotopic (exact) mass is 333 g/mol. The third kappa shape index (κ3) is 3.52. The third-order valence-electron chi connectivity index (χ3n) is 4.37. The van der Waals surface area contributed by atoms with Crippen LogP contribution in [0.4, 0.5) is 0 Å². The summed E-state index contributed by atoms with van der Waals surface area (Å²) in [5.41, 5.74) is 10.8. The number of hydrogen-bond donors (Lipinski definition) is 2. The van der Waals surface area contributed by atoms with Crippen molar-refractivity contribution in [1.82, 2.24) is 4.98 Å². The highest BCUT2D eigenvalue weighted by molar-refractivity contribution is 5.92. The van der Waals surface area contributed by atoms with E-state index in [-0.39, 0.29) is 0 Å². The van der Waals surface area contributed by atoms with Crippen LogP contribution in [0.3, 0.4) is 0 Å². The highest BCUT2D eigenvalue weighted by atomic mass is 16.5. The Balaban J connectivity index is 2.16. The lowest BCUT2D eigenvalue weighted by atomic mass is 9.99. The van der Waals surface area contributed by atoms with Crippen LogP contribution in [-0.2, 0) is 6.42 Å². The molecular formula is C21H23N3O. The van der Waals surface area contributed by atoms with Gasteiger partial charge in [0, 0.05) is 16.5 Å². The number of aromatic nitrogens is 1. The molecule has 3 rings (SSSR count). The lowest BCUT2D eigenvalue weighted by molar-refractivity contribution is 0.341. The van der Waals surface area contributed by atoms with Crippen molar-refractivity contribution in [2.75, 3.05) is 13.2 Å². The van der Waals surface area contributed by atoms with Gasteiger partial charge in [0.05, 0.1) is 23.9 Å². The molecule has 0 saturated heterocycles. The van der Waals surface area contributed by atoms with Crippen molar-refractivity contribution < 1.29 is 4.74 Å². The number of unbranched alkanes of at least 4 members (excludes halogenated alkanes) is 1. The quantitative estimate of drug-likeness (QED) is 0.630. The Hall–Kier alpha value is -2.77. The number of para-hydroxylation sites is 1. The van der Waals surface area contributed by atoms with Crippen LogP contribution < -0.4 is 10.5 Å². The number of hydrogen-bond acceptors (Lipinski definition) is 3. The molecule has 0 unspecified atom stereocenters. The molecule has 0 spiro atoms. The fourth-order valence-corrected chi connectivity index (χ4v) is 3.21. The predicted molar refractivity (Wildman–Crippen MR) is 102 cm³/mol. The number of aromatic amines is 1. The first-order valence-corrected chi connectivity index (χ1v) is 8.75. The minimum atomic E-state index is 0.623. The first kappa shape index (κ1) is 17.1. The molecule has 128 valence electrons. The number of fused-ring (bicyclic) bond motifs is 1. The molecule has 3 N–H and O–H groups in total. The lowest BCUT2D eigenvalue weighted by Crippen LogP contribution is -2.00. The molecule has 0 atom stereocenters. The number of aryl methyl sites for hydroxylation is 1. The number of ether oxygens (including phenoxy) is 1. The van der Waals surface area contributed by atoms with Crippen molar-refractivity contribution in [3.8, 4) is 23.1 Å². The molecule has 0 aliphatic carbocycles. The van der Waals surface area contributed by atoms with Gasteiger partial charge in [-0.3, -0.25) is 0 Å². The van der Waals surface area contributed by atoms with Gasteiger partial charge in [0.15, 0.2) is 0 Å². The van der Waals surface area contributed by atoms with E-state index in [0.717, 1.165) is 47.2 Å². The predicted octanol–water partition coefficient (Wildman–Crippen LogP) is 4.39. The van der Waals surface area contributed by atoms with Gasteiger partial charge < -0.3 is 15.5 Å². The molecule has 3 aromatic rings. The topological polar surface area (TPSA) is 74.8 Å². The number of nitrogens with one attached hydrogen (secondary N) is 1. The Labute approximate surface area is 148 Å². The number of benzene rings is 2. The molecule has 1 aromatic heterocycles. The van der Waals surface area contributed by atoms with Crippen LogP contribution in [0.2, 0.25) is 0 Å². The molecule has 25 heavy (non-hydrogen) atoms. The fraction of sp³-hybridized carbons (Fsp3) is 0.286. The summed E-state index contributed by atoms with van der Waals surface area (Å²) in [6.45, 7) is 3.30. The zero-order valence-electron chi connectivity index (χ0n) is 14.5.